The zero-order valence-electron chi connectivity index (χ0n) is 9.19. The predicted molar refractivity (Wildman–Crippen MR) is 64.1 cm³/mol. The molecule has 0 atom stereocenters. The molecule has 3 heteroatoms. The molecule has 1 saturated carbocycles. The van der Waals surface area contributed by atoms with Gasteiger partial charge in [0.2, 0.25) is 0 Å². The van der Waals surface area contributed by atoms with Crippen LogP contribution in [0, 0.1) is 0 Å². The van der Waals surface area contributed by atoms with Gasteiger partial charge in [0.15, 0.2) is 0 Å². The Kier molecular flexibility index (Phi) is 2.14. The summed E-state index contributed by atoms with van der Waals surface area (Å²) in [4.78, 5) is 0. The van der Waals surface area contributed by atoms with Gasteiger partial charge in [-0.2, -0.15) is 10.2 Å². The molecule has 1 aliphatic carbocycles. The molecule has 1 fully saturated rings. The molecule has 1 heterocycles. The number of benzene rings is 1. The predicted octanol–water partition coefficient (Wildman–Crippen LogP) is 2.01. The summed E-state index contributed by atoms with van der Waals surface area (Å²) in [5.41, 5.74) is 7.51. The van der Waals surface area contributed by atoms with E-state index < -0.39 is 0 Å². The summed E-state index contributed by atoms with van der Waals surface area (Å²) in [7, 11) is 0. The molecule has 16 heavy (non-hydrogen) atoms. The molecular weight excluding hydrogens is 198 g/mol. The molecule has 82 valence electrons. The zero-order chi connectivity index (χ0) is 11.0. The Morgan fingerprint density at radius 2 is 2.00 bits per heavy atom. The Bertz CT molecular complexity index is 507. The summed E-state index contributed by atoms with van der Waals surface area (Å²) in [6.45, 7) is 0.731. The maximum Gasteiger partial charge on any atom is 0.0577 e. The highest BCUT2D eigenvalue weighted by atomic mass is 15.1. The molecule has 1 aromatic heterocycles. The number of hydrogen-bond acceptors (Lipinski definition) is 3. The van der Waals surface area contributed by atoms with Crippen molar-refractivity contribution in [1.82, 2.24) is 10.2 Å². The molecule has 0 bridgehead atoms. The van der Waals surface area contributed by atoms with Crippen LogP contribution in [-0.2, 0) is 5.41 Å². The Morgan fingerprint density at radius 1 is 1.19 bits per heavy atom. The van der Waals surface area contributed by atoms with Crippen LogP contribution in [-0.4, -0.2) is 16.7 Å². The monoisotopic (exact) mass is 213 g/mol. The maximum absolute atomic E-state index is 5.96. The fraction of sp³-hybridized carbons (Fsp3) is 0.385. The lowest BCUT2D eigenvalue weighted by atomic mass is 9.64. The van der Waals surface area contributed by atoms with Crippen molar-refractivity contribution < 1.29 is 0 Å². The minimum absolute atomic E-state index is 0.197. The first-order valence-corrected chi connectivity index (χ1v) is 5.76. The quantitative estimate of drug-likeness (QED) is 0.830. The van der Waals surface area contributed by atoms with Crippen LogP contribution in [0.25, 0.3) is 10.8 Å². The van der Waals surface area contributed by atoms with E-state index in [4.69, 9.17) is 5.73 Å². The van der Waals surface area contributed by atoms with Crippen molar-refractivity contribution in [2.24, 2.45) is 5.73 Å². The second kappa shape index (κ2) is 3.52. The van der Waals surface area contributed by atoms with Gasteiger partial charge in [-0.1, -0.05) is 24.6 Å². The summed E-state index contributed by atoms with van der Waals surface area (Å²) in [5.74, 6) is 0. The van der Waals surface area contributed by atoms with Gasteiger partial charge in [0.25, 0.3) is 0 Å². The van der Waals surface area contributed by atoms with E-state index in [2.05, 4.69) is 28.4 Å². The molecule has 1 aromatic carbocycles. The topological polar surface area (TPSA) is 51.8 Å². The molecule has 2 aromatic rings. The summed E-state index contributed by atoms with van der Waals surface area (Å²) >= 11 is 0. The maximum atomic E-state index is 5.96. The van der Waals surface area contributed by atoms with Crippen molar-refractivity contribution >= 4 is 10.8 Å². The third-order valence-electron chi connectivity index (χ3n) is 3.86. The third-order valence-corrected chi connectivity index (χ3v) is 3.86. The van der Waals surface area contributed by atoms with Crippen LogP contribution < -0.4 is 5.73 Å². The van der Waals surface area contributed by atoms with Crippen LogP contribution in [0.1, 0.15) is 24.8 Å². The summed E-state index contributed by atoms with van der Waals surface area (Å²) in [6.07, 6.45) is 7.37. The summed E-state index contributed by atoms with van der Waals surface area (Å²) in [5, 5.41) is 10.3. The van der Waals surface area contributed by atoms with Crippen molar-refractivity contribution in [2.45, 2.75) is 24.7 Å². The van der Waals surface area contributed by atoms with Crippen molar-refractivity contribution in [3.8, 4) is 0 Å². The molecule has 3 rings (SSSR count). The molecule has 0 saturated heterocycles. The van der Waals surface area contributed by atoms with Crippen molar-refractivity contribution in [3.05, 3.63) is 36.2 Å². The van der Waals surface area contributed by atoms with Crippen molar-refractivity contribution in [1.29, 1.82) is 0 Å². The van der Waals surface area contributed by atoms with E-state index in [0.717, 1.165) is 11.9 Å². The van der Waals surface area contributed by atoms with Crippen LogP contribution in [0.2, 0.25) is 0 Å². The lowest BCUT2D eigenvalue weighted by molar-refractivity contribution is 0.255. The van der Waals surface area contributed by atoms with Crippen LogP contribution >= 0.6 is 0 Å². The fourth-order valence-corrected chi connectivity index (χ4v) is 2.68. The Hall–Kier alpha value is -1.48. The standard InChI is InChI=1S/C13H15N3/c14-9-13(5-2-6-13)12-4-1-3-10-7-15-16-8-11(10)12/h1,3-4,7-8H,2,5-6,9,14H2. The van der Waals surface area contributed by atoms with E-state index in [1.54, 1.807) is 0 Å². The Balaban J connectivity index is 2.23. The highest BCUT2D eigenvalue weighted by Crippen LogP contribution is 2.44. The highest BCUT2D eigenvalue weighted by molar-refractivity contribution is 5.85. The van der Waals surface area contributed by atoms with Gasteiger partial charge in [-0.25, -0.2) is 0 Å². The molecule has 0 spiro atoms. The van der Waals surface area contributed by atoms with Gasteiger partial charge in [-0.15, -0.1) is 0 Å². The van der Waals surface area contributed by atoms with Gasteiger partial charge < -0.3 is 5.73 Å². The average Bonchev–Trinajstić information content (AvgIpc) is 2.29. The average molecular weight is 213 g/mol. The van der Waals surface area contributed by atoms with Gasteiger partial charge in [0.1, 0.15) is 0 Å². The number of fused-ring (bicyclic) bond motifs is 1. The van der Waals surface area contributed by atoms with E-state index in [-0.39, 0.29) is 5.41 Å². The molecule has 0 unspecified atom stereocenters. The second-order valence-electron chi connectivity index (χ2n) is 4.64. The van der Waals surface area contributed by atoms with Gasteiger partial charge >= 0.3 is 0 Å². The van der Waals surface area contributed by atoms with Gasteiger partial charge in [0.05, 0.1) is 12.4 Å². The first kappa shape index (κ1) is 9.73. The Morgan fingerprint density at radius 3 is 2.69 bits per heavy atom. The van der Waals surface area contributed by atoms with Crippen LogP contribution in [0.15, 0.2) is 30.6 Å². The largest absolute Gasteiger partial charge is 0.330 e. The zero-order valence-corrected chi connectivity index (χ0v) is 9.19. The Labute approximate surface area is 94.7 Å². The van der Waals surface area contributed by atoms with Crippen molar-refractivity contribution in [3.63, 3.8) is 0 Å². The molecule has 0 amide bonds. The lowest BCUT2D eigenvalue weighted by Crippen LogP contribution is -2.41. The number of aromatic nitrogens is 2. The first-order chi connectivity index (χ1) is 7.86. The van der Waals surface area contributed by atoms with Crippen LogP contribution in [0.4, 0.5) is 0 Å². The van der Waals surface area contributed by atoms with Gasteiger partial charge in [0, 0.05) is 22.7 Å². The van der Waals surface area contributed by atoms with Crippen LogP contribution in [0.3, 0.4) is 0 Å². The lowest BCUT2D eigenvalue weighted by Gasteiger charge is -2.42. The fourth-order valence-electron chi connectivity index (χ4n) is 2.68. The highest BCUT2D eigenvalue weighted by Gasteiger charge is 2.38. The number of rotatable bonds is 2. The van der Waals surface area contributed by atoms with Gasteiger partial charge in [-0.3, -0.25) is 0 Å². The summed E-state index contributed by atoms with van der Waals surface area (Å²) < 4.78 is 0. The minimum Gasteiger partial charge on any atom is -0.330 e. The van der Waals surface area contributed by atoms with E-state index in [0.29, 0.717) is 0 Å². The smallest absolute Gasteiger partial charge is 0.0577 e. The molecule has 0 aliphatic heterocycles. The van der Waals surface area contributed by atoms with Crippen LogP contribution in [0.5, 0.6) is 0 Å². The molecule has 3 nitrogen and oxygen atoms in total. The number of nitrogens with zero attached hydrogens (tertiary/aromatic N) is 2. The normalized spacial score (nSPS) is 18.3. The minimum atomic E-state index is 0.197. The van der Waals surface area contributed by atoms with Gasteiger partial charge in [-0.05, 0) is 18.4 Å². The molecular formula is C13H15N3. The van der Waals surface area contributed by atoms with E-state index >= 15 is 0 Å². The van der Waals surface area contributed by atoms with Crippen molar-refractivity contribution in [2.75, 3.05) is 6.54 Å². The van der Waals surface area contributed by atoms with E-state index in [9.17, 15) is 0 Å². The molecule has 2 N–H and O–H groups in total. The molecule has 1 aliphatic rings. The second-order valence-corrected chi connectivity index (χ2v) is 4.64. The number of nitrogens with two attached hydrogens (primary N) is 1. The first-order valence-electron chi connectivity index (χ1n) is 5.76. The third kappa shape index (κ3) is 1.25. The number of hydrogen-bond donors (Lipinski definition) is 1. The SMILES string of the molecule is NCC1(c2cccc3cnncc23)CCC1. The summed E-state index contributed by atoms with van der Waals surface area (Å²) in [6, 6.07) is 6.36. The molecule has 0 radical (unpaired) electrons. The van der Waals surface area contributed by atoms with E-state index in [1.165, 1.54) is 30.2 Å². The van der Waals surface area contributed by atoms with E-state index in [1.807, 2.05) is 12.4 Å².